The topological polar surface area (TPSA) is 32.3 Å². The van der Waals surface area contributed by atoms with E-state index in [4.69, 9.17) is 35.4 Å². The highest BCUT2D eigenvalue weighted by molar-refractivity contribution is 14.1. The molecule has 128 valence electrons. The number of thiocarbonyl (C=S) groups is 1. The number of amides is 1. The minimum absolute atomic E-state index is 0.126. The number of hydrogen-bond donors (Lipinski definition) is 1. The molecule has 3 nitrogen and oxygen atoms in total. The Bertz CT molecular complexity index is 871. The predicted octanol–water partition coefficient (Wildman–Crippen LogP) is 5.87. The fourth-order valence-corrected chi connectivity index (χ4v) is 4.12. The summed E-state index contributed by atoms with van der Waals surface area (Å²) in [5.41, 5.74) is 1.62. The van der Waals surface area contributed by atoms with Crippen LogP contribution in [0, 0.1) is 3.57 Å². The van der Waals surface area contributed by atoms with Gasteiger partial charge in [0, 0.05) is 8.59 Å². The summed E-state index contributed by atoms with van der Waals surface area (Å²) < 4.78 is 1.65. The van der Waals surface area contributed by atoms with Gasteiger partial charge in [0.05, 0.1) is 22.3 Å². The molecule has 1 heterocycles. The molecule has 1 aliphatic rings. The lowest BCUT2D eigenvalue weighted by atomic mass is 10.2. The van der Waals surface area contributed by atoms with Gasteiger partial charge in [0.1, 0.15) is 4.32 Å². The van der Waals surface area contributed by atoms with Crippen molar-refractivity contribution >= 4 is 91.8 Å². The lowest BCUT2D eigenvalue weighted by Gasteiger charge is -2.17. The van der Waals surface area contributed by atoms with E-state index in [2.05, 4.69) is 27.9 Å². The third-order valence-electron chi connectivity index (χ3n) is 3.40. The minimum Gasteiger partial charge on any atom is -0.366 e. The molecule has 1 N–H and O–H groups in total. The first-order valence-electron chi connectivity index (χ1n) is 7.14. The molecule has 1 amide bonds. The molecule has 0 atom stereocenters. The van der Waals surface area contributed by atoms with E-state index in [1.165, 1.54) is 16.7 Å². The van der Waals surface area contributed by atoms with E-state index < -0.39 is 0 Å². The fraction of sp³-hybridized carbons (Fsp3) is 0.0588. The predicted molar refractivity (Wildman–Crippen MR) is 119 cm³/mol. The number of nitrogens with zero attached hydrogens (tertiary/aromatic N) is 1. The van der Waals surface area contributed by atoms with Crippen LogP contribution >= 0.6 is 69.8 Å². The quantitative estimate of drug-likeness (QED) is 0.310. The molecule has 0 unspecified atom stereocenters. The van der Waals surface area contributed by atoms with Gasteiger partial charge in [-0.2, -0.15) is 0 Å². The van der Waals surface area contributed by atoms with Crippen LogP contribution in [0.4, 0.5) is 5.69 Å². The normalized spacial score (nSPS) is 16.0. The summed E-state index contributed by atoms with van der Waals surface area (Å²) in [6.07, 6.45) is 1.85. The second-order valence-electron chi connectivity index (χ2n) is 5.12. The van der Waals surface area contributed by atoms with Crippen LogP contribution in [0.2, 0.25) is 10.0 Å². The van der Waals surface area contributed by atoms with Gasteiger partial charge in [-0.3, -0.25) is 9.69 Å². The van der Waals surface area contributed by atoms with Crippen molar-refractivity contribution < 1.29 is 4.79 Å². The molecule has 0 bridgehead atoms. The minimum atomic E-state index is -0.126. The summed E-state index contributed by atoms with van der Waals surface area (Å²) in [6.45, 7) is 0.231. The third-order valence-corrected chi connectivity index (χ3v) is 6.06. The standard InChI is InChI=1S/C17H11Cl2IN2OS2/c18-11-3-6-13(19)14(8-11)21-9-22-16(23)15(25-17(22)24)7-10-1-4-12(20)5-2-10/h1-8,21H,9H2/b15-7-. The Morgan fingerprint density at radius 1 is 1.20 bits per heavy atom. The number of nitrogens with one attached hydrogen (secondary N) is 1. The number of carbonyl (C=O) groups is 1. The van der Waals surface area contributed by atoms with Gasteiger partial charge in [-0.25, -0.2) is 0 Å². The Kier molecular flexibility index (Phi) is 6.27. The van der Waals surface area contributed by atoms with E-state index in [0.29, 0.717) is 25.0 Å². The smallest absolute Gasteiger partial charge is 0.267 e. The second kappa shape index (κ2) is 8.26. The number of rotatable bonds is 4. The summed E-state index contributed by atoms with van der Waals surface area (Å²) in [7, 11) is 0. The first-order chi connectivity index (χ1) is 11.9. The van der Waals surface area contributed by atoms with Crippen LogP contribution in [0.25, 0.3) is 6.08 Å². The first-order valence-corrected chi connectivity index (χ1v) is 10.2. The molecule has 0 radical (unpaired) electrons. The van der Waals surface area contributed by atoms with E-state index >= 15 is 0 Å². The number of anilines is 1. The summed E-state index contributed by atoms with van der Waals surface area (Å²) >= 11 is 21.0. The lowest BCUT2D eigenvalue weighted by Crippen LogP contribution is -2.33. The van der Waals surface area contributed by atoms with Crippen LogP contribution in [-0.4, -0.2) is 21.8 Å². The molecule has 0 saturated carbocycles. The zero-order valence-electron chi connectivity index (χ0n) is 12.6. The van der Waals surface area contributed by atoms with Crippen LogP contribution in [0.3, 0.4) is 0 Å². The van der Waals surface area contributed by atoms with E-state index in [1.54, 1.807) is 18.2 Å². The van der Waals surface area contributed by atoms with E-state index in [9.17, 15) is 4.79 Å². The summed E-state index contributed by atoms with van der Waals surface area (Å²) in [5.74, 6) is -0.126. The van der Waals surface area contributed by atoms with Crippen LogP contribution in [0.1, 0.15) is 5.56 Å². The molecular weight excluding hydrogens is 510 g/mol. The number of benzene rings is 2. The van der Waals surface area contributed by atoms with E-state index in [-0.39, 0.29) is 12.6 Å². The largest absolute Gasteiger partial charge is 0.366 e. The van der Waals surface area contributed by atoms with Crippen molar-refractivity contribution in [2.45, 2.75) is 0 Å². The highest BCUT2D eigenvalue weighted by atomic mass is 127. The number of carbonyl (C=O) groups excluding carboxylic acids is 1. The highest BCUT2D eigenvalue weighted by Gasteiger charge is 2.31. The molecule has 25 heavy (non-hydrogen) atoms. The zero-order valence-corrected chi connectivity index (χ0v) is 17.9. The van der Waals surface area contributed by atoms with Gasteiger partial charge in [-0.15, -0.1) is 0 Å². The van der Waals surface area contributed by atoms with Crippen molar-refractivity contribution in [3.63, 3.8) is 0 Å². The van der Waals surface area contributed by atoms with E-state index in [0.717, 1.165) is 9.13 Å². The molecule has 2 aromatic carbocycles. The highest BCUT2D eigenvalue weighted by Crippen LogP contribution is 2.33. The Balaban J connectivity index is 1.73. The van der Waals surface area contributed by atoms with Gasteiger partial charge in [0.2, 0.25) is 0 Å². The van der Waals surface area contributed by atoms with Gasteiger partial charge in [0.25, 0.3) is 5.91 Å². The van der Waals surface area contributed by atoms with Crippen LogP contribution < -0.4 is 5.32 Å². The number of halogens is 3. The number of thioether (sulfide) groups is 1. The monoisotopic (exact) mass is 520 g/mol. The van der Waals surface area contributed by atoms with Gasteiger partial charge in [0.15, 0.2) is 0 Å². The summed E-state index contributed by atoms with van der Waals surface area (Å²) in [6, 6.07) is 13.1. The molecule has 1 fully saturated rings. The Hall–Kier alpha value is -0.800. The van der Waals surface area contributed by atoms with Crippen molar-refractivity contribution in [3.8, 4) is 0 Å². The Labute approximate surface area is 178 Å². The molecule has 0 spiro atoms. The van der Waals surface area contributed by atoms with Crippen LogP contribution in [-0.2, 0) is 4.79 Å². The molecule has 0 aromatic heterocycles. The molecule has 3 rings (SSSR count). The Morgan fingerprint density at radius 3 is 2.64 bits per heavy atom. The zero-order chi connectivity index (χ0) is 18.0. The van der Waals surface area contributed by atoms with Crippen molar-refractivity contribution in [3.05, 3.63) is 66.5 Å². The lowest BCUT2D eigenvalue weighted by molar-refractivity contribution is -0.121. The van der Waals surface area contributed by atoms with Gasteiger partial charge < -0.3 is 5.32 Å². The SMILES string of the molecule is O=C1/C(=C/c2ccc(I)cc2)SC(=S)N1CNc1cc(Cl)ccc1Cl. The van der Waals surface area contributed by atoms with Crippen molar-refractivity contribution in [1.82, 2.24) is 4.90 Å². The van der Waals surface area contributed by atoms with Crippen molar-refractivity contribution in [2.75, 3.05) is 12.0 Å². The fourth-order valence-electron chi connectivity index (χ4n) is 2.14. The molecule has 1 saturated heterocycles. The molecule has 1 aliphatic heterocycles. The maximum absolute atomic E-state index is 12.6. The molecular formula is C17H11Cl2IN2OS2. The first kappa shape index (κ1) is 19.0. The average Bonchev–Trinajstić information content (AvgIpc) is 2.84. The van der Waals surface area contributed by atoms with Crippen molar-refractivity contribution in [1.29, 1.82) is 0 Å². The van der Waals surface area contributed by atoms with Gasteiger partial charge >= 0.3 is 0 Å². The summed E-state index contributed by atoms with van der Waals surface area (Å²) in [4.78, 5) is 14.7. The maximum atomic E-state index is 12.6. The maximum Gasteiger partial charge on any atom is 0.267 e. The van der Waals surface area contributed by atoms with Crippen LogP contribution in [0.5, 0.6) is 0 Å². The number of hydrogen-bond acceptors (Lipinski definition) is 4. The third kappa shape index (κ3) is 4.68. The second-order valence-corrected chi connectivity index (χ2v) is 8.89. The van der Waals surface area contributed by atoms with Crippen LogP contribution in [0.15, 0.2) is 47.4 Å². The Morgan fingerprint density at radius 2 is 1.92 bits per heavy atom. The average molecular weight is 521 g/mol. The van der Waals surface area contributed by atoms with E-state index in [1.807, 2.05) is 30.3 Å². The molecule has 8 heteroatoms. The van der Waals surface area contributed by atoms with Crippen molar-refractivity contribution in [2.24, 2.45) is 0 Å². The molecule has 2 aromatic rings. The summed E-state index contributed by atoms with van der Waals surface area (Å²) in [5, 5.41) is 4.21. The van der Waals surface area contributed by atoms with Gasteiger partial charge in [-0.05, 0) is 64.6 Å². The molecule has 0 aliphatic carbocycles. The van der Waals surface area contributed by atoms with Gasteiger partial charge in [-0.1, -0.05) is 59.3 Å².